The number of carbonyl (C=O) groups is 1. The number of hydrogen-bond donors (Lipinski definition) is 0. The maximum Gasteiger partial charge on any atom is 0.174 e. The molecule has 2 fully saturated rings. The molecule has 2 aliphatic heterocycles. The van der Waals surface area contributed by atoms with Gasteiger partial charge in [0.25, 0.3) is 0 Å². The Kier molecular flexibility index (Phi) is 2.82. The molecule has 2 heterocycles. The molecular formula is C13H20N2O. The van der Waals surface area contributed by atoms with Gasteiger partial charge in [0, 0.05) is 0 Å². The summed E-state index contributed by atoms with van der Waals surface area (Å²) < 4.78 is 0. The van der Waals surface area contributed by atoms with Gasteiger partial charge in [0.15, 0.2) is 5.78 Å². The lowest BCUT2D eigenvalue weighted by molar-refractivity contribution is -0.119. The Labute approximate surface area is 97.1 Å². The van der Waals surface area contributed by atoms with Gasteiger partial charge < -0.3 is 0 Å². The fourth-order valence-corrected chi connectivity index (χ4v) is 3.34. The molecule has 0 aromatic heterocycles. The fourth-order valence-electron chi connectivity index (χ4n) is 3.34. The van der Waals surface area contributed by atoms with E-state index in [1.807, 2.05) is 6.08 Å². The highest BCUT2D eigenvalue weighted by Crippen LogP contribution is 2.26. The van der Waals surface area contributed by atoms with Gasteiger partial charge in [-0.15, -0.1) is 0 Å². The van der Waals surface area contributed by atoms with Gasteiger partial charge in [0.2, 0.25) is 0 Å². The third-order valence-electron chi connectivity index (χ3n) is 4.17. The quantitative estimate of drug-likeness (QED) is 0.695. The summed E-state index contributed by atoms with van der Waals surface area (Å²) >= 11 is 0. The van der Waals surface area contributed by atoms with Gasteiger partial charge in [0.05, 0.1) is 12.1 Å². The van der Waals surface area contributed by atoms with Crippen LogP contribution in [-0.4, -0.2) is 53.8 Å². The van der Waals surface area contributed by atoms with E-state index in [4.69, 9.17) is 0 Å². The molecule has 88 valence electrons. The normalized spacial score (nSPS) is 36.6. The Morgan fingerprint density at radius 2 is 1.50 bits per heavy atom. The van der Waals surface area contributed by atoms with Crippen LogP contribution in [0.5, 0.6) is 0 Å². The molecule has 0 unspecified atom stereocenters. The smallest absolute Gasteiger partial charge is 0.174 e. The van der Waals surface area contributed by atoms with Gasteiger partial charge in [-0.1, -0.05) is 6.08 Å². The van der Waals surface area contributed by atoms with Gasteiger partial charge >= 0.3 is 0 Å². The van der Waals surface area contributed by atoms with Gasteiger partial charge in [-0.3, -0.25) is 14.6 Å². The molecule has 0 aromatic carbocycles. The van der Waals surface area contributed by atoms with Crippen molar-refractivity contribution in [3.05, 3.63) is 12.2 Å². The molecule has 0 aromatic rings. The van der Waals surface area contributed by atoms with Crippen LogP contribution < -0.4 is 0 Å². The molecule has 3 rings (SSSR count). The summed E-state index contributed by atoms with van der Waals surface area (Å²) in [6.07, 6.45) is 9.06. The first-order valence-electron chi connectivity index (χ1n) is 6.56. The molecule has 0 amide bonds. The van der Waals surface area contributed by atoms with Crippen molar-refractivity contribution in [3.8, 4) is 0 Å². The predicted molar refractivity (Wildman–Crippen MR) is 63.3 cm³/mol. The van der Waals surface area contributed by atoms with Gasteiger partial charge in [0.1, 0.15) is 0 Å². The molecule has 3 nitrogen and oxygen atoms in total. The summed E-state index contributed by atoms with van der Waals surface area (Å²) in [6, 6.07) is 0.508. The zero-order chi connectivity index (χ0) is 11.0. The maximum absolute atomic E-state index is 12.0. The van der Waals surface area contributed by atoms with Crippen molar-refractivity contribution in [2.45, 2.75) is 37.8 Å². The minimum Gasteiger partial charge on any atom is -0.295 e. The largest absolute Gasteiger partial charge is 0.295 e. The van der Waals surface area contributed by atoms with Crippen LogP contribution in [0.15, 0.2) is 12.2 Å². The van der Waals surface area contributed by atoms with Crippen molar-refractivity contribution in [1.29, 1.82) is 0 Å². The minimum absolute atomic E-state index is 0.139. The lowest BCUT2D eigenvalue weighted by Gasteiger charge is -2.33. The highest BCUT2D eigenvalue weighted by molar-refractivity contribution is 5.98. The zero-order valence-electron chi connectivity index (χ0n) is 9.77. The molecule has 0 spiro atoms. The first kappa shape index (κ1) is 10.5. The van der Waals surface area contributed by atoms with Crippen molar-refractivity contribution in [3.63, 3.8) is 0 Å². The van der Waals surface area contributed by atoms with Crippen LogP contribution in [0, 0.1) is 0 Å². The van der Waals surface area contributed by atoms with Crippen molar-refractivity contribution in [2.24, 2.45) is 0 Å². The molecular weight excluding hydrogens is 200 g/mol. The van der Waals surface area contributed by atoms with Crippen molar-refractivity contribution in [2.75, 3.05) is 26.2 Å². The van der Waals surface area contributed by atoms with Crippen LogP contribution >= 0.6 is 0 Å². The van der Waals surface area contributed by atoms with Gasteiger partial charge in [-0.05, 0) is 57.9 Å². The van der Waals surface area contributed by atoms with E-state index in [0.29, 0.717) is 11.8 Å². The average molecular weight is 220 g/mol. The average Bonchev–Trinajstić information content (AvgIpc) is 2.96. The molecule has 0 bridgehead atoms. The molecule has 0 N–H and O–H groups in total. The summed E-state index contributed by atoms with van der Waals surface area (Å²) in [5, 5.41) is 0. The van der Waals surface area contributed by atoms with E-state index in [1.165, 1.54) is 38.8 Å². The fraction of sp³-hybridized carbons (Fsp3) is 0.769. The molecule has 2 saturated heterocycles. The number of carbonyl (C=O) groups excluding carboxylic acids is 1. The standard InChI is InChI=1S/C13H20N2O/c16-12-6-5-11(14-7-1-2-8-14)13(12)15-9-3-4-10-15/h5-6,11,13H,1-4,7-10H2/t11-,13+/m0/s1. The number of likely N-dealkylation sites (tertiary alicyclic amines) is 2. The third kappa shape index (κ3) is 1.72. The molecule has 0 radical (unpaired) electrons. The van der Waals surface area contributed by atoms with Crippen LogP contribution in [-0.2, 0) is 4.79 Å². The first-order valence-corrected chi connectivity index (χ1v) is 6.56. The lowest BCUT2D eigenvalue weighted by Crippen LogP contribution is -2.50. The number of ketones is 1. The van der Waals surface area contributed by atoms with Crippen LogP contribution in [0.1, 0.15) is 25.7 Å². The monoisotopic (exact) mass is 220 g/mol. The first-order chi connectivity index (χ1) is 7.86. The Morgan fingerprint density at radius 1 is 0.938 bits per heavy atom. The van der Waals surface area contributed by atoms with Crippen LogP contribution in [0.3, 0.4) is 0 Å². The predicted octanol–water partition coefficient (Wildman–Crippen LogP) is 1.05. The molecule has 16 heavy (non-hydrogen) atoms. The molecule has 3 aliphatic rings. The van der Waals surface area contributed by atoms with Crippen molar-refractivity contribution < 1.29 is 4.79 Å². The molecule has 3 heteroatoms. The zero-order valence-corrected chi connectivity index (χ0v) is 9.77. The van der Waals surface area contributed by atoms with E-state index in [1.54, 1.807) is 0 Å². The lowest BCUT2D eigenvalue weighted by atomic mass is 10.1. The third-order valence-corrected chi connectivity index (χ3v) is 4.17. The Bertz CT molecular complexity index is 301. The molecule has 1 aliphatic carbocycles. The van der Waals surface area contributed by atoms with Crippen molar-refractivity contribution in [1.82, 2.24) is 9.80 Å². The van der Waals surface area contributed by atoms with E-state index in [2.05, 4.69) is 15.9 Å². The van der Waals surface area contributed by atoms with Gasteiger partial charge in [-0.2, -0.15) is 0 Å². The Balaban J connectivity index is 1.75. The summed E-state index contributed by atoms with van der Waals surface area (Å²) in [7, 11) is 0. The Hall–Kier alpha value is -0.670. The SMILES string of the molecule is O=C1C=C[C@H](N2CCCC2)[C@H]1N1CCCC1. The van der Waals surface area contributed by atoms with Crippen LogP contribution in [0.25, 0.3) is 0 Å². The van der Waals surface area contributed by atoms with E-state index in [9.17, 15) is 4.79 Å². The van der Waals surface area contributed by atoms with E-state index < -0.39 is 0 Å². The second kappa shape index (κ2) is 4.30. The van der Waals surface area contributed by atoms with Crippen LogP contribution in [0.2, 0.25) is 0 Å². The maximum atomic E-state index is 12.0. The van der Waals surface area contributed by atoms with Gasteiger partial charge in [-0.25, -0.2) is 0 Å². The highest BCUT2D eigenvalue weighted by Gasteiger charge is 2.39. The summed E-state index contributed by atoms with van der Waals surface area (Å²) in [6.45, 7) is 4.57. The molecule has 0 saturated carbocycles. The summed E-state index contributed by atoms with van der Waals surface area (Å²) in [5.74, 6) is 0.332. The Morgan fingerprint density at radius 3 is 2.12 bits per heavy atom. The van der Waals surface area contributed by atoms with Crippen LogP contribution in [0.4, 0.5) is 0 Å². The second-order valence-corrected chi connectivity index (χ2v) is 5.18. The summed E-state index contributed by atoms with van der Waals surface area (Å²) in [5.41, 5.74) is 0. The topological polar surface area (TPSA) is 23.6 Å². The highest BCUT2D eigenvalue weighted by atomic mass is 16.1. The van der Waals surface area contributed by atoms with E-state index in [-0.39, 0.29) is 6.04 Å². The summed E-state index contributed by atoms with van der Waals surface area (Å²) in [4.78, 5) is 16.9. The minimum atomic E-state index is 0.139. The number of rotatable bonds is 2. The number of hydrogen-bond acceptors (Lipinski definition) is 3. The van der Waals surface area contributed by atoms with Crippen molar-refractivity contribution >= 4 is 5.78 Å². The van der Waals surface area contributed by atoms with E-state index in [0.717, 1.165) is 13.1 Å². The number of nitrogens with zero attached hydrogens (tertiary/aromatic N) is 2. The second-order valence-electron chi connectivity index (χ2n) is 5.18. The molecule has 2 atom stereocenters. The van der Waals surface area contributed by atoms with E-state index >= 15 is 0 Å².